The largest absolute Gasteiger partial charge is 0.481 e. The fourth-order valence-corrected chi connectivity index (χ4v) is 3.67. The van der Waals surface area contributed by atoms with E-state index < -0.39 is 0 Å². The summed E-state index contributed by atoms with van der Waals surface area (Å²) in [5.41, 5.74) is 0.893. The molecule has 3 heterocycles. The maximum atomic E-state index is 5.19. The summed E-state index contributed by atoms with van der Waals surface area (Å²) in [6.45, 7) is 9.16. The van der Waals surface area contributed by atoms with Crippen molar-refractivity contribution in [2.24, 2.45) is 4.99 Å². The van der Waals surface area contributed by atoms with Crippen LogP contribution in [-0.4, -0.2) is 65.0 Å². The summed E-state index contributed by atoms with van der Waals surface area (Å²) < 4.78 is 9.58. The Bertz CT molecular complexity index is 756. The predicted octanol–water partition coefficient (Wildman–Crippen LogP) is 1.79. The van der Waals surface area contributed by atoms with E-state index in [1.165, 1.54) is 11.5 Å². The van der Waals surface area contributed by atoms with Crippen LogP contribution in [0.4, 0.5) is 5.13 Å². The van der Waals surface area contributed by atoms with Gasteiger partial charge in [0.05, 0.1) is 19.3 Å². The minimum Gasteiger partial charge on any atom is -0.481 e. The average molecular weight is 390 g/mol. The maximum Gasteiger partial charge on any atom is 0.213 e. The van der Waals surface area contributed by atoms with E-state index in [-0.39, 0.29) is 0 Å². The van der Waals surface area contributed by atoms with Gasteiger partial charge in [0.1, 0.15) is 5.82 Å². The molecule has 8 nitrogen and oxygen atoms in total. The number of guanidine groups is 1. The van der Waals surface area contributed by atoms with Gasteiger partial charge in [-0.2, -0.15) is 4.37 Å². The summed E-state index contributed by atoms with van der Waals surface area (Å²) >= 11 is 1.49. The molecular weight excluding hydrogens is 362 g/mol. The van der Waals surface area contributed by atoms with Gasteiger partial charge in [0.25, 0.3) is 0 Å². The Morgan fingerprint density at radius 2 is 2.04 bits per heavy atom. The van der Waals surface area contributed by atoms with E-state index >= 15 is 0 Å². The van der Waals surface area contributed by atoms with E-state index in [0.29, 0.717) is 12.4 Å². The number of nitrogens with zero attached hydrogens (tertiary/aromatic N) is 6. The van der Waals surface area contributed by atoms with E-state index in [0.717, 1.165) is 61.8 Å². The van der Waals surface area contributed by atoms with E-state index in [4.69, 9.17) is 9.73 Å². The molecule has 1 aliphatic heterocycles. The van der Waals surface area contributed by atoms with Crippen LogP contribution in [0.2, 0.25) is 0 Å². The molecule has 0 aromatic carbocycles. The molecule has 0 aliphatic carbocycles. The summed E-state index contributed by atoms with van der Waals surface area (Å²) in [4.78, 5) is 18.4. The maximum absolute atomic E-state index is 5.19. The average Bonchev–Trinajstić information content (AvgIpc) is 3.21. The van der Waals surface area contributed by atoms with Crippen molar-refractivity contribution in [3.63, 3.8) is 0 Å². The quantitative estimate of drug-likeness (QED) is 0.596. The lowest BCUT2D eigenvalue weighted by Gasteiger charge is -2.36. The van der Waals surface area contributed by atoms with Crippen LogP contribution in [0.25, 0.3) is 0 Å². The van der Waals surface area contributed by atoms with Crippen molar-refractivity contribution in [3.8, 4) is 5.88 Å². The zero-order chi connectivity index (χ0) is 19.1. The van der Waals surface area contributed by atoms with Gasteiger partial charge in [0.2, 0.25) is 11.0 Å². The Kier molecular flexibility index (Phi) is 6.80. The van der Waals surface area contributed by atoms with Gasteiger partial charge in [-0.1, -0.05) is 13.0 Å². The summed E-state index contributed by atoms with van der Waals surface area (Å²) in [6, 6.07) is 5.75. The van der Waals surface area contributed by atoms with Gasteiger partial charge in [0, 0.05) is 56.7 Å². The number of ether oxygens (including phenoxy) is 1. The number of aryl methyl sites for hydroxylation is 1. The van der Waals surface area contributed by atoms with Gasteiger partial charge in [-0.3, -0.25) is 0 Å². The normalized spacial score (nSPS) is 15.1. The first-order valence-electron chi connectivity index (χ1n) is 9.34. The van der Waals surface area contributed by atoms with Crippen molar-refractivity contribution in [2.75, 3.05) is 44.7 Å². The standard InChI is InChI=1S/C18H27N7OS/c1-4-15-22-18(27-23-15)25-11-9-24(10-12-25)17(19-5-2)20-13-14-7-6-8-16(21-14)26-3/h6-8H,4-5,9-13H2,1-3H3,(H,19,20). The van der Waals surface area contributed by atoms with E-state index in [2.05, 4.69) is 43.3 Å². The Labute approximate surface area is 164 Å². The highest BCUT2D eigenvalue weighted by Gasteiger charge is 2.22. The molecule has 1 aliphatic rings. The minimum atomic E-state index is 0.524. The topological polar surface area (TPSA) is 78.8 Å². The van der Waals surface area contributed by atoms with Crippen LogP contribution in [0.15, 0.2) is 23.2 Å². The first-order valence-corrected chi connectivity index (χ1v) is 10.1. The SMILES string of the molecule is CCNC(=NCc1cccc(OC)n1)N1CCN(c2nc(CC)ns2)CC1. The van der Waals surface area contributed by atoms with Crippen LogP contribution in [0.3, 0.4) is 0 Å². The molecule has 1 fully saturated rings. The van der Waals surface area contributed by atoms with Gasteiger partial charge in [0.15, 0.2) is 5.96 Å². The van der Waals surface area contributed by atoms with Crippen LogP contribution in [0.5, 0.6) is 5.88 Å². The van der Waals surface area contributed by atoms with Crippen LogP contribution >= 0.6 is 11.5 Å². The van der Waals surface area contributed by atoms with Crippen LogP contribution in [0.1, 0.15) is 25.4 Å². The number of hydrogen-bond donors (Lipinski definition) is 1. The lowest BCUT2D eigenvalue weighted by atomic mass is 10.3. The molecule has 2 aromatic heterocycles. The molecule has 2 aromatic rings. The minimum absolute atomic E-state index is 0.524. The highest BCUT2D eigenvalue weighted by Crippen LogP contribution is 2.19. The third kappa shape index (κ3) is 5.06. The Hall–Kier alpha value is -2.42. The number of anilines is 1. The second kappa shape index (κ2) is 9.50. The second-order valence-electron chi connectivity index (χ2n) is 6.16. The molecule has 0 radical (unpaired) electrons. The van der Waals surface area contributed by atoms with Crippen molar-refractivity contribution < 1.29 is 4.74 Å². The molecule has 0 bridgehead atoms. The fraction of sp³-hybridized carbons (Fsp3) is 0.556. The van der Waals surface area contributed by atoms with E-state index in [9.17, 15) is 0 Å². The number of aromatic nitrogens is 3. The van der Waals surface area contributed by atoms with Crippen molar-refractivity contribution >= 4 is 22.6 Å². The third-order valence-corrected chi connectivity index (χ3v) is 5.15. The molecule has 1 N–H and O–H groups in total. The van der Waals surface area contributed by atoms with Gasteiger partial charge in [-0.25, -0.2) is 15.0 Å². The predicted molar refractivity (Wildman–Crippen MR) is 109 cm³/mol. The monoisotopic (exact) mass is 389 g/mol. The molecule has 3 rings (SSSR count). The smallest absolute Gasteiger partial charge is 0.213 e. The van der Waals surface area contributed by atoms with Gasteiger partial charge in [-0.05, 0) is 13.0 Å². The first kappa shape index (κ1) is 19.3. The highest BCUT2D eigenvalue weighted by atomic mass is 32.1. The molecular formula is C18H27N7OS. The molecule has 0 atom stereocenters. The lowest BCUT2D eigenvalue weighted by molar-refractivity contribution is 0.372. The van der Waals surface area contributed by atoms with Crippen LogP contribution in [-0.2, 0) is 13.0 Å². The summed E-state index contributed by atoms with van der Waals surface area (Å²) in [7, 11) is 1.63. The van der Waals surface area contributed by atoms with Crippen LogP contribution in [0, 0.1) is 0 Å². The molecule has 0 amide bonds. The fourth-order valence-electron chi connectivity index (χ4n) is 2.87. The van der Waals surface area contributed by atoms with Gasteiger partial charge >= 0.3 is 0 Å². The number of pyridine rings is 1. The van der Waals surface area contributed by atoms with Crippen molar-refractivity contribution in [2.45, 2.75) is 26.8 Å². The molecule has 1 saturated heterocycles. The zero-order valence-corrected chi connectivity index (χ0v) is 17.0. The Balaban J connectivity index is 1.61. The molecule has 27 heavy (non-hydrogen) atoms. The lowest BCUT2D eigenvalue weighted by Crippen LogP contribution is -2.52. The summed E-state index contributed by atoms with van der Waals surface area (Å²) in [6.07, 6.45) is 0.881. The highest BCUT2D eigenvalue weighted by molar-refractivity contribution is 7.09. The zero-order valence-electron chi connectivity index (χ0n) is 16.2. The third-order valence-electron chi connectivity index (χ3n) is 4.34. The number of piperazine rings is 1. The number of aliphatic imine (C=N–C) groups is 1. The number of rotatable bonds is 6. The number of hydrogen-bond acceptors (Lipinski definition) is 7. The number of methoxy groups -OCH3 is 1. The van der Waals surface area contributed by atoms with Crippen molar-refractivity contribution in [3.05, 3.63) is 29.7 Å². The van der Waals surface area contributed by atoms with Crippen molar-refractivity contribution in [1.29, 1.82) is 0 Å². The molecule has 9 heteroatoms. The molecule has 0 unspecified atom stereocenters. The van der Waals surface area contributed by atoms with Gasteiger partial charge in [-0.15, -0.1) is 0 Å². The first-order chi connectivity index (χ1) is 13.2. The summed E-state index contributed by atoms with van der Waals surface area (Å²) in [5, 5.41) is 4.41. The van der Waals surface area contributed by atoms with Crippen LogP contribution < -0.4 is 15.0 Å². The molecule has 146 valence electrons. The molecule has 0 spiro atoms. The summed E-state index contributed by atoms with van der Waals surface area (Å²) in [5.74, 6) is 2.47. The Morgan fingerprint density at radius 3 is 2.70 bits per heavy atom. The van der Waals surface area contributed by atoms with E-state index in [1.807, 2.05) is 18.2 Å². The Morgan fingerprint density at radius 1 is 1.22 bits per heavy atom. The van der Waals surface area contributed by atoms with Gasteiger partial charge < -0.3 is 19.9 Å². The second-order valence-corrected chi connectivity index (χ2v) is 6.89. The van der Waals surface area contributed by atoms with E-state index in [1.54, 1.807) is 7.11 Å². The van der Waals surface area contributed by atoms with Crippen molar-refractivity contribution in [1.82, 2.24) is 24.6 Å². The number of nitrogens with one attached hydrogen (secondary N) is 1. The molecule has 0 saturated carbocycles.